The number of methoxy groups -OCH3 is 1. The van der Waals surface area contributed by atoms with E-state index in [2.05, 4.69) is 10.3 Å². The molecule has 3 aromatic carbocycles. The van der Waals surface area contributed by atoms with Gasteiger partial charge in [0, 0.05) is 23.6 Å². The van der Waals surface area contributed by atoms with Crippen molar-refractivity contribution in [3.8, 4) is 5.75 Å². The number of nitrogens with zero attached hydrogens (tertiary/aromatic N) is 3. The Morgan fingerprint density at radius 3 is 2.58 bits per heavy atom. The van der Waals surface area contributed by atoms with Gasteiger partial charge in [0.05, 0.1) is 18.9 Å². The van der Waals surface area contributed by atoms with Gasteiger partial charge in [-0.3, -0.25) is 9.59 Å². The van der Waals surface area contributed by atoms with Crippen molar-refractivity contribution in [3.63, 3.8) is 0 Å². The molecule has 2 heterocycles. The molecule has 0 fully saturated rings. The van der Waals surface area contributed by atoms with Crippen LogP contribution in [-0.2, 0) is 9.59 Å². The molecular weight excluding hydrogens is 527 g/mol. The van der Waals surface area contributed by atoms with Crippen LogP contribution in [0.3, 0.4) is 0 Å². The summed E-state index contributed by atoms with van der Waals surface area (Å²) in [7, 11) is 1.62. The van der Waals surface area contributed by atoms with Gasteiger partial charge in [-0.2, -0.15) is 10.1 Å². The molecule has 0 spiro atoms. The average Bonchev–Trinajstić information content (AvgIpc) is 3.51. The minimum atomic E-state index is -0.683. The number of amidine groups is 1. The van der Waals surface area contributed by atoms with Gasteiger partial charge in [-0.05, 0) is 78.2 Å². The zero-order valence-electron chi connectivity index (χ0n) is 20.7. The molecule has 0 saturated heterocycles. The van der Waals surface area contributed by atoms with E-state index in [0.717, 1.165) is 22.6 Å². The van der Waals surface area contributed by atoms with Gasteiger partial charge in [0.15, 0.2) is 5.17 Å². The quantitative estimate of drug-likeness (QED) is 0.408. The van der Waals surface area contributed by atoms with E-state index in [9.17, 15) is 14.0 Å². The lowest BCUT2D eigenvalue weighted by atomic mass is 9.98. The minimum Gasteiger partial charge on any atom is -0.497 e. The molecule has 2 aliphatic rings. The smallest absolute Gasteiger partial charge is 0.262 e. The fraction of sp³-hybridized carbons (Fsp3) is 0.214. The third kappa shape index (κ3) is 5.58. The lowest BCUT2D eigenvalue weighted by Crippen LogP contribution is -2.25. The molecule has 10 heteroatoms. The van der Waals surface area contributed by atoms with Gasteiger partial charge < -0.3 is 10.1 Å². The van der Waals surface area contributed by atoms with Crippen LogP contribution in [0.15, 0.2) is 76.8 Å². The highest BCUT2D eigenvalue weighted by Gasteiger charge is 2.39. The number of ether oxygens (including phenoxy) is 1. The Morgan fingerprint density at radius 2 is 1.89 bits per heavy atom. The standard InChI is InChI=1S/C28H24ClFN4O3S/c1-16-13-20(9-12-22(16)30)31-26(35)15-25-27(36)32-28(38-25)34-24(18-3-7-19(29)8-4-18)14-23(33-34)17-5-10-21(37-2)11-6-17/h3-13,24-25H,14-15H2,1-2H3,(H,31,35)/t24-,25+/m0/s1. The summed E-state index contributed by atoms with van der Waals surface area (Å²) in [4.78, 5) is 29.7. The van der Waals surface area contributed by atoms with Crippen molar-refractivity contribution in [3.05, 3.63) is 94.3 Å². The molecule has 0 radical (unpaired) electrons. The van der Waals surface area contributed by atoms with Crippen molar-refractivity contribution in [2.45, 2.75) is 31.1 Å². The Hall–Kier alpha value is -3.69. The summed E-state index contributed by atoms with van der Waals surface area (Å²) in [6, 6.07) is 19.3. The Labute approximate surface area is 228 Å². The molecule has 2 aliphatic heterocycles. The molecule has 0 aromatic heterocycles. The van der Waals surface area contributed by atoms with Crippen molar-refractivity contribution in [1.82, 2.24) is 5.01 Å². The lowest BCUT2D eigenvalue weighted by molar-refractivity contribution is -0.121. The molecule has 0 bridgehead atoms. The fourth-order valence-electron chi connectivity index (χ4n) is 4.30. The first-order valence-electron chi connectivity index (χ1n) is 11.9. The van der Waals surface area contributed by atoms with Crippen LogP contribution in [0.2, 0.25) is 5.02 Å². The number of halogens is 2. The number of carbonyl (C=O) groups is 2. The Bertz CT molecular complexity index is 1440. The van der Waals surface area contributed by atoms with Crippen LogP contribution in [0.25, 0.3) is 0 Å². The van der Waals surface area contributed by atoms with Crippen LogP contribution in [0.1, 0.15) is 35.6 Å². The predicted molar refractivity (Wildman–Crippen MR) is 148 cm³/mol. The maximum Gasteiger partial charge on any atom is 0.262 e. The van der Waals surface area contributed by atoms with Gasteiger partial charge >= 0.3 is 0 Å². The first-order chi connectivity index (χ1) is 18.3. The van der Waals surface area contributed by atoms with E-state index in [1.165, 1.54) is 23.9 Å². The first kappa shape index (κ1) is 25.9. The minimum absolute atomic E-state index is 0.0680. The molecule has 7 nitrogen and oxygen atoms in total. The van der Waals surface area contributed by atoms with E-state index < -0.39 is 11.2 Å². The summed E-state index contributed by atoms with van der Waals surface area (Å²) in [6.45, 7) is 1.62. The maximum absolute atomic E-state index is 13.5. The molecule has 1 N–H and O–H groups in total. The van der Waals surface area contributed by atoms with Crippen LogP contribution in [0.5, 0.6) is 5.75 Å². The van der Waals surface area contributed by atoms with Crippen molar-refractivity contribution in [2.75, 3.05) is 12.4 Å². The SMILES string of the molecule is COc1ccc(C2=NN(C3=NC(=O)[C@@H](CC(=O)Nc4ccc(F)c(C)c4)S3)[C@H](c3ccc(Cl)cc3)C2)cc1. The largest absolute Gasteiger partial charge is 0.497 e. The van der Waals surface area contributed by atoms with Gasteiger partial charge in [0.25, 0.3) is 5.91 Å². The van der Waals surface area contributed by atoms with Crippen LogP contribution >= 0.6 is 23.4 Å². The Morgan fingerprint density at radius 1 is 1.16 bits per heavy atom. The number of benzene rings is 3. The van der Waals surface area contributed by atoms with Gasteiger partial charge in [-0.15, -0.1) is 0 Å². The van der Waals surface area contributed by atoms with Gasteiger partial charge in [-0.1, -0.05) is 35.5 Å². The van der Waals surface area contributed by atoms with Crippen LogP contribution in [0, 0.1) is 12.7 Å². The number of aliphatic imine (C=N–C) groups is 1. The molecule has 0 aliphatic carbocycles. The summed E-state index contributed by atoms with van der Waals surface area (Å²) in [5, 5.41) is 9.72. The predicted octanol–water partition coefficient (Wildman–Crippen LogP) is 5.97. The number of nitrogens with one attached hydrogen (secondary N) is 1. The average molecular weight is 551 g/mol. The summed E-state index contributed by atoms with van der Waals surface area (Å²) in [6.07, 6.45) is 0.526. The summed E-state index contributed by atoms with van der Waals surface area (Å²) in [5.74, 6) is -0.343. The summed E-state index contributed by atoms with van der Waals surface area (Å²) < 4.78 is 18.8. The molecule has 194 valence electrons. The van der Waals surface area contributed by atoms with Crippen molar-refractivity contribution in [1.29, 1.82) is 0 Å². The van der Waals surface area contributed by atoms with Gasteiger partial charge in [0.2, 0.25) is 5.91 Å². The number of carbonyl (C=O) groups excluding carboxylic acids is 2. The Kier molecular flexibility index (Phi) is 7.49. The zero-order chi connectivity index (χ0) is 26.8. The fourth-order valence-corrected chi connectivity index (χ4v) is 5.48. The summed E-state index contributed by atoms with van der Waals surface area (Å²) >= 11 is 7.33. The molecular formula is C28H24ClFN4O3S. The second-order valence-corrected chi connectivity index (χ2v) is 10.6. The normalized spacial score (nSPS) is 18.8. The van der Waals surface area contributed by atoms with Gasteiger partial charge in [0.1, 0.15) is 16.8 Å². The highest BCUT2D eigenvalue weighted by atomic mass is 35.5. The third-order valence-electron chi connectivity index (χ3n) is 6.33. The van der Waals surface area contributed by atoms with Crippen LogP contribution in [0.4, 0.5) is 10.1 Å². The van der Waals surface area contributed by atoms with Crippen molar-refractivity contribution >= 4 is 51.7 Å². The number of anilines is 1. The van der Waals surface area contributed by atoms with Crippen LogP contribution in [-0.4, -0.2) is 40.1 Å². The number of amides is 2. The summed E-state index contributed by atoms with van der Waals surface area (Å²) in [5.41, 5.74) is 3.66. The molecule has 0 saturated carbocycles. The number of rotatable bonds is 6. The van der Waals surface area contributed by atoms with E-state index in [-0.39, 0.29) is 24.2 Å². The number of hydrazone groups is 1. The topological polar surface area (TPSA) is 83.4 Å². The third-order valence-corrected chi connectivity index (χ3v) is 7.72. The number of hydrogen-bond acceptors (Lipinski definition) is 6. The lowest BCUT2D eigenvalue weighted by Gasteiger charge is -2.23. The highest BCUT2D eigenvalue weighted by molar-refractivity contribution is 8.15. The monoisotopic (exact) mass is 550 g/mol. The second kappa shape index (κ2) is 11.0. The molecule has 5 rings (SSSR count). The molecule has 3 aromatic rings. The van der Waals surface area contributed by atoms with E-state index in [1.54, 1.807) is 25.1 Å². The van der Waals surface area contributed by atoms with Crippen LogP contribution < -0.4 is 10.1 Å². The molecule has 0 unspecified atom stereocenters. The maximum atomic E-state index is 13.5. The Balaban J connectivity index is 1.34. The number of thioether (sulfide) groups is 1. The first-order valence-corrected chi connectivity index (χ1v) is 13.2. The second-order valence-electron chi connectivity index (χ2n) is 8.95. The van der Waals surface area contributed by atoms with Crippen molar-refractivity contribution in [2.24, 2.45) is 10.1 Å². The number of aryl methyl sites for hydroxylation is 1. The van der Waals surface area contributed by atoms with Gasteiger partial charge in [-0.25, -0.2) is 9.40 Å². The molecule has 2 atom stereocenters. The van der Waals surface area contributed by atoms with E-state index >= 15 is 0 Å². The van der Waals surface area contributed by atoms with E-state index in [4.69, 9.17) is 21.4 Å². The van der Waals surface area contributed by atoms with E-state index in [1.807, 2.05) is 48.5 Å². The highest BCUT2D eigenvalue weighted by Crippen LogP contribution is 2.39. The van der Waals surface area contributed by atoms with Crippen molar-refractivity contribution < 1.29 is 18.7 Å². The zero-order valence-corrected chi connectivity index (χ0v) is 22.2. The number of hydrogen-bond donors (Lipinski definition) is 1. The van der Waals surface area contributed by atoms with E-state index in [0.29, 0.717) is 27.9 Å². The molecule has 2 amide bonds. The molecule has 38 heavy (non-hydrogen) atoms.